The number of morpholine rings is 1. The SMILES string of the molecule is Cc1cc(C)c(C(=O)N2CC(C)(C)OC3(CCOC3)C2)c(=O)[nH]1. The standard InChI is InChI=1S/C17H24N2O4/c1-11-7-12(2)18-14(20)13(11)15(21)19-8-16(3,4)23-17(9-19)5-6-22-10-17/h7H,5-6,8-10H2,1-4H3,(H,18,20). The van der Waals surface area contributed by atoms with Gasteiger partial charge in [0.15, 0.2) is 0 Å². The average molecular weight is 320 g/mol. The molecule has 0 radical (unpaired) electrons. The van der Waals surface area contributed by atoms with Crippen molar-refractivity contribution in [2.24, 2.45) is 0 Å². The van der Waals surface area contributed by atoms with E-state index in [1.165, 1.54) is 0 Å². The number of amides is 1. The number of carbonyl (C=O) groups excluding carboxylic acids is 1. The highest BCUT2D eigenvalue weighted by molar-refractivity contribution is 5.95. The van der Waals surface area contributed by atoms with E-state index < -0.39 is 11.2 Å². The van der Waals surface area contributed by atoms with Gasteiger partial charge in [0.25, 0.3) is 11.5 Å². The lowest BCUT2D eigenvalue weighted by molar-refractivity contribution is -0.186. The molecule has 23 heavy (non-hydrogen) atoms. The molecule has 2 aliphatic heterocycles. The molecule has 3 heterocycles. The quantitative estimate of drug-likeness (QED) is 0.849. The minimum atomic E-state index is -0.465. The predicted octanol–water partition coefficient (Wildman–Crippen LogP) is 1.40. The second-order valence-corrected chi connectivity index (χ2v) is 7.35. The summed E-state index contributed by atoms with van der Waals surface area (Å²) in [7, 11) is 0. The third kappa shape index (κ3) is 3.05. The molecule has 0 aliphatic carbocycles. The predicted molar refractivity (Wildman–Crippen MR) is 85.8 cm³/mol. The second kappa shape index (κ2) is 5.46. The van der Waals surface area contributed by atoms with Crippen LogP contribution in [0, 0.1) is 13.8 Å². The molecule has 3 rings (SSSR count). The number of nitrogens with one attached hydrogen (secondary N) is 1. The van der Waals surface area contributed by atoms with Crippen LogP contribution >= 0.6 is 0 Å². The first-order valence-electron chi connectivity index (χ1n) is 7.99. The summed E-state index contributed by atoms with van der Waals surface area (Å²) in [6, 6.07) is 1.83. The summed E-state index contributed by atoms with van der Waals surface area (Å²) in [6.07, 6.45) is 0.767. The van der Waals surface area contributed by atoms with E-state index in [0.717, 1.165) is 12.1 Å². The number of ether oxygens (including phenoxy) is 2. The zero-order valence-electron chi connectivity index (χ0n) is 14.2. The molecule has 2 saturated heterocycles. The van der Waals surface area contributed by atoms with Gasteiger partial charge in [0.1, 0.15) is 11.2 Å². The molecule has 2 aliphatic rings. The Morgan fingerprint density at radius 3 is 2.65 bits per heavy atom. The van der Waals surface area contributed by atoms with Gasteiger partial charge in [-0.1, -0.05) is 0 Å². The summed E-state index contributed by atoms with van der Waals surface area (Å²) in [5.41, 5.74) is 0.440. The van der Waals surface area contributed by atoms with Crippen molar-refractivity contribution >= 4 is 5.91 Å². The van der Waals surface area contributed by atoms with Gasteiger partial charge in [0.05, 0.1) is 18.8 Å². The maximum Gasteiger partial charge on any atom is 0.261 e. The van der Waals surface area contributed by atoms with E-state index in [9.17, 15) is 9.59 Å². The number of carbonyl (C=O) groups is 1. The van der Waals surface area contributed by atoms with Crippen LogP contribution in [0.3, 0.4) is 0 Å². The number of pyridine rings is 1. The van der Waals surface area contributed by atoms with E-state index in [4.69, 9.17) is 9.47 Å². The van der Waals surface area contributed by atoms with E-state index in [-0.39, 0.29) is 17.0 Å². The number of H-pyrrole nitrogens is 1. The van der Waals surface area contributed by atoms with Crippen molar-refractivity contribution < 1.29 is 14.3 Å². The molecule has 126 valence electrons. The van der Waals surface area contributed by atoms with Gasteiger partial charge in [-0.05, 0) is 39.3 Å². The molecule has 6 nitrogen and oxygen atoms in total. The molecule has 0 saturated carbocycles. The fraction of sp³-hybridized carbons (Fsp3) is 0.647. The number of hydrogen-bond acceptors (Lipinski definition) is 4. The number of aromatic amines is 1. The van der Waals surface area contributed by atoms with Gasteiger partial charge in [-0.3, -0.25) is 9.59 Å². The number of aryl methyl sites for hydroxylation is 2. The van der Waals surface area contributed by atoms with Crippen molar-refractivity contribution in [2.45, 2.75) is 45.3 Å². The van der Waals surface area contributed by atoms with Crippen molar-refractivity contribution in [1.82, 2.24) is 9.88 Å². The third-order valence-electron chi connectivity index (χ3n) is 4.48. The van der Waals surface area contributed by atoms with Crippen LogP contribution < -0.4 is 5.56 Å². The van der Waals surface area contributed by atoms with Gasteiger partial charge < -0.3 is 19.4 Å². The van der Waals surface area contributed by atoms with E-state index in [0.29, 0.717) is 31.9 Å². The normalized spacial score (nSPS) is 26.7. The van der Waals surface area contributed by atoms with Crippen LogP contribution in [-0.4, -0.2) is 53.3 Å². The van der Waals surface area contributed by atoms with Crippen LogP contribution in [-0.2, 0) is 9.47 Å². The smallest absolute Gasteiger partial charge is 0.261 e. The highest BCUT2D eigenvalue weighted by Gasteiger charge is 2.48. The number of nitrogens with zero attached hydrogens (tertiary/aromatic N) is 1. The Kier molecular flexibility index (Phi) is 3.84. The maximum atomic E-state index is 13.0. The largest absolute Gasteiger partial charge is 0.378 e. The van der Waals surface area contributed by atoms with Gasteiger partial charge in [-0.15, -0.1) is 0 Å². The van der Waals surface area contributed by atoms with Gasteiger partial charge in [-0.25, -0.2) is 0 Å². The molecule has 1 N–H and O–H groups in total. The first-order chi connectivity index (χ1) is 10.7. The van der Waals surface area contributed by atoms with Crippen LogP contribution in [0.2, 0.25) is 0 Å². The zero-order valence-corrected chi connectivity index (χ0v) is 14.2. The van der Waals surface area contributed by atoms with E-state index >= 15 is 0 Å². The first kappa shape index (κ1) is 16.2. The van der Waals surface area contributed by atoms with Gasteiger partial charge in [0, 0.05) is 25.3 Å². The lowest BCUT2D eigenvalue weighted by Crippen LogP contribution is -2.61. The molecule has 0 aromatic carbocycles. The molecule has 1 spiro atoms. The Balaban J connectivity index is 1.94. The topological polar surface area (TPSA) is 71.6 Å². The van der Waals surface area contributed by atoms with Crippen molar-refractivity contribution in [2.75, 3.05) is 26.3 Å². The Morgan fingerprint density at radius 2 is 2.04 bits per heavy atom. The van der Waals surface area contributed by atoms with Crippen molar-refractivity contribution in [3.05, 3.63) is 33.2 Å². The summed E-state index contributed by atoms with van der Waals surface area (Å²) in [6.45, 7) is 9.60. The molecule has 1 unspecified atom stereocenters. The van der Waals surface area contributed by atoms with Crippen molar-refractivity contribution in [1.29, 1.82) is 0 Å². The highest BCUT2D eigenvalue weighted by Crippen LogP contribution is 2.35. The van der Waals surface area contributed by atoms with Crippen LogP contribution in [0.5, 0.6) is 0 Å². The monoisotopic (exact) mass is 320 g/mol. The third-order valence-corrected chi connectivity index (χ3v) is 4.48. The number of aromatic nitrogens is 1. The Labute approximate surface area is 135 Å². The molecular weight excluding hydrogens is 296 g/mol. The molecule has 1 amide bonds. The maximum absolute atomic E-state index is 13.0. The summed E-state index contributed by atoms with van der Waals surface area (Å²) in [5, 5.41) is 0. The molecule has 1 aromatic rings. The minimum Gasteiger partial charge on any atom is -0.378 e. The summed E-state index contributed by atoms with van der Waals surface area (Å²) in [4.78, 5) is 29.7. The van der Waals surface area contributed by atoms with Crippen LogP contribution in [0.4, 0.5) is 0 Å². The summed E-state index contributed by atoms with van der Waals surface area (Å²) >= 11 is 0. The fourth-order valence-electron chi connectivity index (χ4n) is 3.73. The van der Waals surface area contributed by atoms with Crippen LogP contribution in [0.1, 0.15) is 41.9 Å². The number of hydrogen-bond donors (Lipinski definition) is 1. The van der Waals surface area contributed by atoms with E-state index in [1.54, 1.807) is 11.8 Å². The molecule has 1 atom stereocenters. The second-order valence-electron chi connectivity index (χ2n) is 7.35. The molecule has 6 heteroatoms. The van der Waals surface area contributed by atoms with Crippen LogP contribution in [0.25, 0.3) is 0 Å². The Morgan fingerprint density at radius 1 is 1.30 bits per heavy atom. The zero-order chi connectivity index (χ0) is 16.8. The summed E-state index contributed by atoms with van der Waals surface area (Å²) < 4.78 is 11.7. The Bertz CT molecular complexity index is 686. The Hall–Kier alpha value is -1.66. The van der Waals surface area contributed by atoms with Gasteiger partial charge in [-0.2, -0.15) is 0 Å². The van der Waals surface area contributed by atoms with E-state index in [1.807, 2.05) is 26.8 Å². The minimum absolute atomic E-state index is 0.224. The van der Waals surface area contributed by atoms with Crippen LogP contribution in [0.15, 0.2) is 10.9 Å². The van der Waals surface area contributed by atoms with Gasteiger partial charge in [0.2, 0.25) is 0 Å². The fourth-order valence-corrected chi connectivity index (χ4v) is 3.73. The van der Waals surface area contributed by atoms with Crippen molar-refractivity contribution in [3.8, 4) is 0 Å². The average Bonchev–Trinajstić information content (AvgIpc) is 2.82. The number of rotatable bonds is 1. The first-order valence-corrected chi connectivity index (χ1v) is 7.99. The van der Waals surface area contributed by atoms with E-state index in [2.05, 4.69) is 4.98 Å². The molecule has 1 aromatic heterocycles. The highest BCUT2D eigenvalue weighted by atomic mass is 16.6. The lowest BCUT2D eigenvalue weighted by atomic mass is 9.94. The molecular formula is C17H24N2O4. The molecule has 2 fully saturated rings. The van der Waals surface area contributed by atoms with Gasteiger partial charge >= 0.3 is 0 Å². The van der Waals surface area contributed by atoms with Crippen molar-refractivity contribution in [3.63, 3.8) is 0 Å². The lowest BCUT2D eigenvalue weighted by Gasteiger charge is -2.48. The molecule has 0 bridgehead atoms. The summed E-state index contributed by atoms with van der Waals surface area (Å²) in [5.74, 6) is -0.230.